The van der Waals surface area contributed by atoms with Crippen LogP contribution in [0.15, 0.2) is 66.9 Å². The molecule has 0 aliphatic heterocycles. The van der Waals surface area contributed by atoms with Crippen LogP contribution in [0.25, 0.3) is 22.0 Å². The fraction of sp³-hybridized carbons (Fsp3) is 0.222. The number of hydrogen-bond donors (Lipinski definition) is 0. The smallest absolute Gasteiger partial charge is 0.307 e. The molecule has 0 N–H and O–H groups in total. The van der Waals surface area contributed by atoms with Gasteiger partial charge in [-0.3, -0.25) is 4.79 Å². The molecule has 1 heterocycles. The van der Waals surface area contributed by atoms with Gasteiger partial charge in [0.05, 0.1) is 20.1 Å². The molecule has 4 aromatic rings. The van der Waals surface area contributed by atoms with Crippen molar-refractivity contribution in [3.05, 3.63) is 84.1 Å². The van der Waals surface area contributed by atoms with Gasteiger partial charge in [0.1, 0.15) is 18.1 Å². The van der Waals surface area contributed by atoms with Gasteiger partial charge < -0.3 is 18.8 Å². The summed E-state index contributed by atoms with van der Waals surface area (Å²) in [7, 11) is 1.41. The zero-order chi connectivity index (χ0) is 24.1. The number of halogens is 2. The monoisotopic (exact) mass is 465 g/mol. The van der Waals surface area contributed by atoms with E-state index in [-0.39, 0.29) is 11.7 Å². The molecule has 0 fully saturated rings. The van der Waals surface area contributed by atoms with Crippen molar-refractivity contribution in [2.75, 3.05) is 13.7 Å². The molecule has 7 heteroatoms. The van der Waals surface area contributed by atoms with Crippen LogP contribution in [0, 0.1) is 11.6 Å². The Morgan fingerprint density at radius 2 is 1.74 bits per heavy atom. The van der Waals surface area contributed by atoms with Gasteiger partial charge in [-0.1, -0.05) is 24.3 Å². The van der Waals surface area contributed by atoms with Crippen LogP contribution < -0.4 is 9.47 Å². The number of carbonyl (C=O) groups is 1. The Labute approximate surface area is 196 Å². The van der Waals surface area contributed by atoms with Gasteiger partial charge in [-0.2, -0.15) is 0 Å². The number of carbonyl (C=O) groups excluding carboxylic acids is 1. The normalized spacial score (nSPS) is 10.9. The Kier molecular flexibility index (Phi) is 7.11. The number of rotatable bonds is 9. The average molecular weight is 465 g/mol. The lowest BCUT2D eigenvalue weighted by Crippen LogP contribution is -2.08. The maximum atomic E-state index is 13.7. The molecule has 0 unspecified atom stereocenters. The van der Waals surface area contributed by atoms with Gasteiger partial charge in [-0.05, 0) is 53.8 Å². The van der Waals surface area contributed by atoms with Crippen molar-refractivity contribution in [3.8, 4) is 22.6 Å². The molecule has 0 bridgehead atoms. The summed E-state index contributed by atoms with van der Waals surface area (Å²) in [6.45, 7) is 3.07. The third-order valence-corrected chi connectivity index (χ3v) is 5.51. The second-order valence-electron chi connectivity index (χ2n) is 7.74. The van der Waals surface area contributed by atoms with E-state index in [9.17, 15) is 13.6 Å². The molecule has 5 nitrogen and oxygen atoms in total. The second kappa shape index (κ2) is 10.4. The molecule has 176 valence electrons. The minimum Gasteiger partial charge on any atom is -0.496 e. The lowest BCUT2D eigenvalue weighted by atomic mass is 10.0. The van der Waals surface area contributed by atoms with Gasteiger partial charge in [0.2, 0.25) is 0 Å². The van der Waals surface area contributed by atoms with Crippen LogP contribution >= 0.6 is 0 Å². The van der Waals surface area contributed by atoms with Gasteiger partial charge in [-0.25, -0.2) is 8.78 Å². The lowest BCUT2D eigenvalue weighted by molar-refractivity contribution is -0.143. The Balaban J connectivity index is 1.44. The number of aryl methyl sites for hydroxylation is 1. The molecule has 0 amide bonds. The molecule has 0 spiro atoms. The summed E-state index contributed by atoms with van der Waals surface area (Å²) in [5, 5.41) is 1.08. The Morgan fingerprint density at radius 1 is 0.971 bits per heavy atom. The number of ether oxygens (including phenoxy) is 3. The van der Waals surface area contributed by atoms with E-state index in [1.54, 1.807) is 31.2 Å². The maximum Gasteiger partial charge on any atom is 0.307 e. The largest absolute Gasteiger partial charge is 0.496 e. The van der Waals surface area contributed by atoms with Crippen LogP contribution in [-0.2, 0) is 22.7 Å². The molecule has 0 atom stereocenters. The van der Waals surface area contributed by atoms with Crippen molar-refractivity contribution in [3.63, 3.8) is 0 Å². The molecule has 0 aliphatic rings. The zero-order valence-electron chi connectivity index (χ0n) is 19.0. The highest BCUT2D eigenvalue weighted by Gasteiger charge is 2.12. The first-order chi connectivity index (χ1) is 16.5. The molecule has 0 saturated carbocycles. The van der Waals surface area contributed by atoms with Crippen molar-refractivity contribution in [2.45, 2.75) is 26.5 Å². The van der Waals surface area contributed by atoms with Crippen LogP contribution in [0.5, 0.6) is 11.5 Å². The van der Waals surface area contributed by atoms with Gasteiger partial charge in [-0.15, -0.1) is 0 Å². The quantitative estimate of drug-likeness (QED) is 0.279. The van der Waals surface area contributed by atoms with Gasteiger partial charge in [0.15, 0.2) is 11.6 Å². The fourth-order valence-electron chi connectivity index (χ4n) is 3.78. The summed E-state index contributed by atoms with van der Waals surface area (Å²) in [6, 6.07) is 17.3. The van der Waals surface area contributed by atoms with Gasteiger partial charge >= 0.3 is 5.97 Å². The van der Waals surface area contributed by atoms with Gasteiger partial charge in [0.25, 0.3) is 0 Å². The second-order valence-corrected chi connectivity index (χ2v) is 7.74. The van der Waals surface area contributed by atoms with E-state index in [1.165, 1.54) is 7.11 Å². The predicted octanol–water partition coefficient (Wildman–Crippen LogP) is 6.13. The zero-order valence-corrected chi connectivity index (χ0v) is 19.0. The summed E-state index contributed by atoms with van der Waals surface area (Å²) in [4.78, 5) is 11.7. The van der Waals surface area contributed by atoms with E-state index in [1.807, 2.05) is 35.0 Å². The van der Waals surface area contributed by atoms with Crippen LogP contribution in [-0.4, -0.2) is 24.3 Å². The molecule has 3 aromatic carbocycles. The number of hydrogen-bond acceptors (Lipinski definition) is 4. The SMILES string of the molecule is CCOC(=O)CCn1ccc2ccc(COc3ccc(-c4cc(F)c(F)cc4OC)cc3)cc21. The summed E-state index contributed by atoms with van der Waals surface area (Å²) >= 11 is 0. The van der Waals surface area contributed by atoms with E-state index in [2.05, 4.69) is 0 Å². The third kappa shape index (κ3) is 5.20. The summed E-state index contributed by atoms with van der Waals surface area (Å²) in [5.41, 5.74) is 3.15. The number of aromatic nitrogens is 1. The van der Waals surface area contributed by atoms with Crippen molar-refractivity contribution in [1.82, 2.24) is 4.57 Å². The molecular weight excluding hydrogens is 440 g/mol. The molecule has 1 aromatic heterocycles. The first-order valence-corrected chi connectivity index (χ1v) is 11.0. The molecule has 0 aliphatic carbocycles. The van der Waals surface area contributed by atoms with Crippen LogP contribution in [0.2, 0.25) is 0 Å². The average Bonchev–Trinajstić information content (AvgIpc) is 3.25. The predicted molar refractivity (Wildman–Crippen MR) is 126 cm³/mol. The topological polar surface area (TPSA) is 49.7 Å². The lowest BCUT2D eigenvalue weighted by Gasteiger charge is -2.11. The Bertz CT molecular complexity index is 1300. The first-order valence-electron chi connectivity index (χ1n) is 11.0. The number of fused-ring (bicyclic) bond motifs is 1. The van der Waals surface area contributed by atoms with Crippen LogP contribution in [0.3, 0.4) is 0 Å². The fourth-order valence-corrected chi connectivity index (χ4v) is 3.78. The Hall–Kier alpha value is -3.87. The van der Waals surface area contributed by atoms with Crippen LogP contribution in [0.1, 0.15) is 18.9 Å². The number of benzene rings is 3. The molecular formula is C27H25F2NO4. The van der Waals surface area contributed by atoms with Crippen LogP contribution in [0.4, 0.5) is 8.78 Å². The molecule has 0 saturated heterocycles. The minimum absolute atomic E-state index is 0.215. The highest BCUT2D eigenvalue weighted by atomic mass is 19.2. The Morgan fingerprint density at radius 3 is 2.47 bits per heavy atom. The van der Waals surface area contributed by atoms with E-state index < -0.39 is 11.6 Å². The summed E-state index contributed by atoms with van der Waals surface area (Å²) in [5.74, 6) is -1.20. The number of esters is 1. The summed E-state index contributed by atoms with van der Waals surface area (Å²) in [6.07, 6.45) is 2.27. The van der Waals surface area contributed by atoms with Gasteiger partial charge in [0, 0.05) is 29.9 Å². The molecule has 34 heavy (non-hydrogen) atoms. The van der Waals surface area contributed by atoms with E-state index in [0.717, 1.165) is 28.6 Å². The highest BCUT2D eigenvalue weighted by molar-refractivity contribution is 5.81. The van der Waals surface area contributed by atoms with Crippen molar-refractivity contribution >= 4 is 16.9 Å². The van der Waals surface area contributed by atoms with E-state index in [4.69, 9.17) is 14.2 Å². The summed E-state index contributed by atoms with van der Waals surface area (Å²) < 4.78 is 45.4. The van der Waals surface area contributed by atoms with E-state index >= 15 is 0 Å². The van der Waals surface area contributed by atoms with Crippen molar-refractivity contribution in [1.29, 1.82) is 0 Å². The standard InChI is InChI=1S/C27H25F2NO4/c1-3-33-27(31)11-13-30-12-10-20-5-4-18(14-25(20)30)17-34-21-8-6-19(7-9-21)22-15-23(28)24(29)16-26(22)32-2/h4-10,12,14-16H,3,11,13,17H2,1-2H3. The minimum atomic E-state index is -0.954. The number of methoxy groups -OCH3 is 1. The highest BCUT2D eigenvalue weighted by Crippen LogP contribution is 2.33. The number of nitrogens with zero attached hydrogens (tertiary/aromatic N) is 1. The molecule has 0 radical (unpaired) electrons. The third-order valence-electron chi connectivity index (χ3n) is 5.51. The van der Waals surface area contributed by atoms with E-state index in [0.29, 0.717) is 43.1 Å². The van der Waals surface area contributed by atoms with Crippen molar-refractivity contribution < 1.29 is 27.8 Å². The maximum absolute atomic E-state index is 13.7. The van der Waals surface area contributed by atoms with Crippen molar-refractivity contribution in [2.24, 2.45) is 0 Å². The molecule has 4 rings (SSSR count). The first kappa shape index (κ1) is 23.3.